The second-order valence-corrected chi connectivity index (χ2v) is 6.00. The molecule has 0 unspecified atom stereocenters. The summed E-state index contributed by atoms with van der Waals surface area (Å²) in [4.78, 5) is 0. The van der Waals surface area contributed by atoms with Crippen LogP contribution in [0.15, 0.2) is 42.7 Å². The maximum atomic E-state index is 4.87. The first-order valence-electron chi connectivity index (χ1n) is 3.99. The topological polar surface area (TPSA) is 3.88 Å². The van der Waals surface area contributed by atoms with E-state index in [1.807, 2.05) is 7.05 Å². The van der Waals surface area contributed by atoms with Crippen molar-refractivity contribution in [3.63, 3.8) is 0 Å². The zero-order valence-electron chi connectivity index (χ0n) is 7.62. The zero-order valence-corrected chi connectivity index (χ0v) is 11.3. The molecule has 2 aromatic rings. The molecule has 14 heavy (non-hydrogen) atoms. The Morgan fingerprint density at radius 2 is 1.64 bits per heavy atom. The second-order valence-electron chi connectivity index (χ2n) is 2.79. The van der Waals surface area contributed by atoms with Gasteiger partial charge in [-0.25, -0.2) is 4.57 Å². The Morgan fingerprint density at radius 3 is 2.29 bits per heavy atom. The molecule has 0 amide bonds. The SMILES string of the molecule is C[n+]1ccc2ccccc2c1.Cl[I-]Cl. The van der Waals surface area contributed by atoms with Crippen molar-refractivity contribution in [2.45, 2.75) is 0 Å². The number of halogens is 3. The summed E-state index contributed by atoms with van der Waals surface area (Å²) in [5, 5.41) is 2.59. The van der Waals surface area contributed by atoms with Gasteiger partial charge < -0.3 is 0 Å². The third kappa shape index (κ3) is 3.59. The van der Waals surface area contributed by atoms with Gasteiger partial charge in [0.25, 0.3) is 0 Å². The van der Waals surface area contributed by atoms with Gasteiger partial charge in [0.15, 0.2) is 12.4 Å². The van der Waals surface area contributed by atoms with Gasteiger partial charge in [0.1, 0.15) is 7.05 Å². The van der Waals surface area contributed by atoms with Crippen molar-refractivity contribution in [1.29, 1.82) is 0 Å². The summed E-state index contributed by atoms with van der Waals surface area (Å²) >= 11 is -0.466. The van der Waals surface area contributed by atoms with E-state index < -0.39 is 18.9 Å². The first-order valence-corrected chi connectivity index (χ1v) is 9.45. The third-order valence-electron chi connectivity index (χ3n) is 1.83. The summed E-state index contributed by atoms with van der Waals surface area (Å²) in [6.45, 7) is 0. The van der Waals surface area contributed by atoms with Crippen molar-refractivity contribution in [2.75, 3.05) is 0 Å². The van der Waals surface area contributed by atoms with Gasteiger partial charge in [0, 0.05) is 11.5 Å². The molecule has 0 atom stereocenters. The Bertz CT molecular complexity index is 406. The molecule has 0 saturated carbocycles. The molecule has 0 fully saturated rings. The Labute approximate surface area is 101 Å². The molecule has 76 valence electrons. The molecule has 1 aromatic carbocycles. The van der Waals surface area contributed by atoms with E-state index in [0.717, 1.165) is 0 Å². The fraction of sp³-hybridized carbons (Fsp3) is 0.100. The van der Waals surface area contributed by atoms with Crippen molar-refractivity contribution in [3.05, 3.63) is 42.7 Å². The van der Waals surface area contributed by atoms with E-state index >= 15 is 0 Å². The van der Waals surface area contributed by atoms with Crippen molar-refractivity contribution in [3.8, 4) is 0 Å². The quantitative estimate of drug-likeness (QED) is 0.471. The molecule has 0 saturated heterocycles. The van der Waals surface area contributed by atoms with Gasteiger partial charge in [-0.3, -0.25) is 0 Å². The Hall–Kier alpha value is -0.0600. The number of aromatic nitrogens is 1. The Kier molecular flexibility index (Phi) is 5.52. The molecule has 0 aliphatic carbocycles. The number of hydrogen-bond acceptors (Lipinski definition) is 0. The second kappa shape index (κ2) is 6.43. The molecule has 1 nitrogen and oxygen atoms in total. The average Bonchev–Trinajstić information content (AvgIpc) is 2.19. The monoisotopic (exact) mass is 341 g/mol. The van der Waals surface area contributed by atoms with E-state index in [-0.39, 0.29) is 0 Å². The van der Waals surface area contributed by atoms with E-state index in [1.165, 1.54) is 10.8 Å². The summed E-state index contributed by atoms with van der Waals surface area (Å²) < 4.78 is 2.06. The number of fused-ring (bicyclic) bond motifs is 1. The van der Waals surface area contributed by atoms with Crippen LogP contribution in [0.5, 0.6) is 0 Å². The van der Waals surface area contributed by atoms with Gasteiger partial charge in [-0.1, -0.05) is 18.2 Å². The minimum atomic E-state index is -0.466. The fourth-order valence-corrected chi connectivity index (χ4v) is 1.24. The van der Waals surface area contributed by atoms with Gasteiger partial charge in [-0.05, 0) is 11.5 Å². The number of pyridine rings is 1. The van der Waals surface area contributed by atoms with Crippen LogP contribution in [-0.2, 0) is 7.05 Å². The summed E-state index contributed by atoms with van der Waals surface area (Å²) in [6, 6.07) is 10.5. The molecule has 1 heterocycles. The van der Waals surface area contributed by atoms with Gasteiger partial charge in [0.2, 0.25) is 0 Å². The van der Waals surface area contributed by atoms with Crippen molar-refractivity contribution >= 4 is 28.6 Å². The number of benzene rings is 1. The normalized spacial score (nSPS) is 9.64. The third-order valence-corrected chi connectivity index (χ3v) is 1.83. The molecule has 4 heteroatoms. The van der Waals surface area contributed by atoms with Crippen LogP contribution in [0, 0.1) is 0 Å². The Morgan fingerprint density at radius 1 is 1.07 bits per heavy atom. The van der Waals surface area contributed by atoms with Crippen LogP contribution in [0.2, 0.25) is 0 Å². The summed E-state index contributed by atoms with van der Waals surface area (Å²) in [7, 11) is 11.8. The minimum absolute atomic E-state index is 0.466. The number of nitrogens with zero attached hydrogens (tertiary/aromatic N) is 1. The predicted molar refractivity (Wildman–Crippen MR) is 56.8 cm³/mol. The van der Waals surface area contributed by atoms with Crippen LogP contribution in [-0.4, -0.2) is 0 Å². The van der Waals surface area contributed by atoms with Crippen LogP contribution in [0.1, 0.15) is 0 Å². The molecule has 0 bridgehead atoms. The predicted octanol–water partition coefficient (Wildman–Crippen LogP) is 0.0473. The summed E-state index contributed by atoms with van der Waals surface area (Å²) in [5.41, 5.74) is 0. The molecular weight excluding hydrogens is 332 g/mol. The molecule has 0 spiro atoms. The molecule has 2 rings (SSSR count). The Balaban J connectivity index is 0.000000293. The summed E-state index contributed by atoms with van der Waals surface area (Å²) in [6.07, 6.45) is 4.18. The molecule has 1 aromatic heterocycles. The summed E-state index contributed by atoms with van der Waals surface area (Å²) in [5.74, 6) is 0. The van der Waals surface area contributed by atoms with Crippen LogP contribution < -0.4 is 23.5 Å². The van der Waals surface area contributed by atoms with Gasteiger partial charge >= 0.3 is 36.8 Å². The van der Waals surface area contributed by atoms with E-state index in [4.69, 9.17) is 17.8 Å². The van der Waals surface area contributed by atoms with Crippen LogP contribution in [0.4, 0.5) is 0 Å². The van der Waals surface area contributed by atoms with E-state index in [0.29, 0.717) is 0 Å². The van der Waals surface area contributed by atoms with E-state index in [2.05, 4.69) is 47.3 Å². The molecule has 0 N–H and O–H groups in total. The van der Waals surface area contributed by atoms with Crippen molar-refractivity contribution < 1.29 is 23.5 Å². The first kappa shape index (κ1) is 12.0. The van der Waals surface area contributed by atoms with Crippen LogP contribution in [0.25, 0.3) is 10.8 Å². The van der Waals surface area contributed by atoms with Crippen molar-refractivity contribution in [2.24, 2.45) is 7.05 Å². The van der Waals surface area contributed by atoms with Crippen LogP contribution >= 0.6 is 17.8 Å². The molecule has 0 aliphatic rings. The van der Waals surface area contributed by atoms with Gasteiger partial charge in [0.05, 0.1) is 0 Å². The van der Waals surface area contributed by atoms with Crippen LogP contribution in [0.3, 0.4) is 0 Å². The molecular formula is C10H10Cl2IN. The fourth-order valence-electron chi connectivity index (χ4n) is 1.24. The average molecular weight is 342 g/mol. The first-order chi connectivity index (χ1) is 6.77. The molecule has 0 aliphatic heterocycles. The zero-order chi connectivity index (χ0) is 10.4. The molecule has 0 radical (unpaired) electrons. The van der Waals surface area contributed by atoms with Gasteiger partial charge in [-0.2, -0.15) is 0 Å². The standard InChI is InChI=1S/C10H10N.Cl2I/c1-11-7-6-9-4-2-3-5-10(9)8-11;1-3-2/h2-8H,1H3;/q+1;-1. The van der Waals surface area contributed by atoms with E-state index in [9.17, 15) is 0 Å². The number of rotatable bonds is 0. The van der Waals surface area contributed by atoms with Crippen molar-refractivity contribution in [1.82, 2.24) is 0 Å². The number of aryl methyl sites for hydroxylation is 1. The maximum absolute atomic E-state index is 4.87. The van der Waals surface area contributed by atoms with Gasteiger partial charge in [-0.15, -0.1) is 0 Å². The number of hydrogen-bond donors (Lipinski definition) is 0. The van der Waals surface area contributed by atoms with E-state index in [1.54, 1.807) is 0 Å².